The molecule has 0 aliphatic rings. The van der Waals surface area contributed by atoms with Crippen molar-refractivity contribution in [2.75, 3.05) is 12.8 Å². The van der Waals surface area contributed by atoms with Crippen LogP contribution in [0, 0.1) is 0 Å². The normalized spacial score (nSPS) is 12.3. The highest BCUT2D eigenvalue weighted by Crippen LogP contribution is 2.14. The van der Waals surface area contributed by atoms with E-state index < -0.39 is 18.0 Å². The van der Waals surface area contributed by atoms with E-state index >= 15 is 0 Å². The number of rotatable bonds is 18. The van der Waals surface area contributed by atoms with Gasteiger partial charge in [0, 0.05) is 38.5 Å². The first-order chi connectivity index (χ1) is 17.2. The van der Waals surface area contributed by atoms with Gasteiger partial charge in [0.1, 0.15) is 11.8 Å². The van der Waals surface area contributed by atoms with E-state index in [1.54, 1.807) is 12.1 Å². The van der Waals surface area contributed by atoms with Crippen LogP contribution in [0.15, 0.2) is 24.3 Å². The van der Waals surface area contributed by atoms with Gasteiger partial charge in [-0.3, -0.25) is 24.0 Å². The fourth-order valence-corrected chi connectivity index (χ4v) is 3.77. The topological polar surface area (TPSA) is 168 Å². The van der Waals surface area contributed by atoms with Crippen LogP contribution >= 0.6 is 12.6 Å². The van der Waals surface area contributed by atoms with E-state index in [-0.39, 0.29) is 60.7 Å². The number of Topliss-reactive ketones (excluding diaryl/α,β-unsaturated/α-hetero) is 1. The number of aromatic hydroxyl groups is 1. The van der Waals surface area contributed by atoms with Crippen molar-refractivity contribution >= 4 is 42.0 Å². The van der Waals surface area contributed by atoms with Gasteiger partial charge in [-0.15, -0.1) is 0 Å². The number of phenolic OH excluding ortho intramolecular Hbond substituents is 1. The number of amides is 4. The Balaban J connectivity index is 2.50. The summed E-state index contributed by atoms with van der Waals surface area (Å²) in [6.07, 6.45) is 4.26. The van der Waals surface area contributed by atoms with Crippen LogP contribution in [0.4, 0.5) is 0 Å². The number of nitrogens with two attached hydrogens (primary N) is 1. The van der Waals surface area contributed by atoms with Crippen LogP contribution in [0.1, 0.15) is 63.4 Å². The Bertz CT molecular complexity index is 878. The summed E-state index contributed by atoms with van der Waals surface area (Å²) in [5, 5.41) is 17.3. The predicted molar refractivity (Wildman–Crippen MR) is 139 cm³/mol. The predicted octanol–water partition coefficient (Wildman–Crippen LogP) is 1.15. The maximum atomic E-state index is 12.9. The van der Waals surface area contributed by atoms with Crippen molar-refractivity contribution < 1.29 is 29.1 Å². The second kappa shape index (κ2) is 17.4. The zero-order valence-corrected chi connectivity index (χ0v) is 21.6. The maximum absolute atomic E-state index is 12.9. The number of hydrogen-bond acceptors (Lipinski definition) is 7. The van der Waals surface area contributed by atoms with E-state index in [0.29, 0.717) is 25.7 Å². The molecule has 2 atom stereocenters. The van der Waals surface area contributed by atoms with E-state index in [4.69, 9.17) is 5.73 Å². The Morgan fingerprint density at radius 3 is 1.89 bits per heavy atom. The fraction of sp³-hybridized carbons (Fsp3) is 0.560. The highest BCUT2D eigenvalue weighted by Gasteiger charge is 2.21. The molecule has 0 saturated carbocycles. The van der Waals surface area contributed by atoms with Crippen molar-refractivity contribution in [2.24, 2.45) is 5.73 Å². The molecular formula is C25H38N4O6S. The van der Waals surface area contributed by atoms with Gasteiger partial charge in [-0.2, -0.15) is 12.6 Å². The first kappa shape index (κ1) is 31.0. The number of benzene rings is 1. The van der Waals surface area contributed by atoms with Crippen molar-refractivity contribution in [3.63, 3.8) is 0 Å². The summed E-state index contributed by atoms with van der Waals surface area (Å²) in [5.41, 5.74) is 5.99. The Morgan fingerprint density at radius 2 is 1.33 bits per heavy atom. The van der Waals surface area contributed by atoms with Crippen molar-refractivity contribution in [3.05, 3.63) is 29.8 Å². The third-order valence-corrected chi connectivity index (χ3v) is 5.99. The van der Waals surface area contributed by atoms with Crippen molar-refractivity contribution in [1.29, 1.82) is 0 Å². The molecule has 4 amide bonds. The van der Waals surface area contributed by atoms with Gasteiger partial charge in [0.05, 0.1) is 6.04 Å². The molecule has 0 heterocycles. The lowest BCUT2D eigenvalue weighted by Gasteiger charge is -2.18. The molecule has 6 N–H and O–H groups in total. The van der Waals surface area contributed by atoms with Crippen LogP contribution in [0.25, 0.3) is 0 Å². The number of phenols is 1. The van der Waals surface area contributed by atoms with Crippen LogP contribution in [-0.2, 0) is 30.4 Å². The van der Waals surface area contributed by atoms with Crippen molar-refractivity contribution in [2.45, 2.75) is 76.3 Å². The summed E-state index contributed by atoms with van der Waals surface area (Å²) in [4.78, 5) is 59.7. The van der Waals surface area contributed by atoms with Crippen LogP contribution < -0.4 is 21.7 Å². The number of nitrogens with one attached hydrogen (secondary N) is 3. The highest BCUT2D eigenvalue weighted by molar-refractivity contribution is 7.80. The van der Waals surface area contributed by atoms with E-state index in [1.807, 2.05) is 0 Å². The molecule has 0 fully saturated rings. The summed E-state index contributed by atoms with van der Waals surface area (Å²) >= 11 is 3.99. The van der Waals surface area contributed by atoms with E-state index in [9.17, 15) is 29.1 Å². The van der Waals surface area contributed by atoms with Gasteiger partial charge in [-0.25, -0.2) is 0 Å². The van der Waals surface area contributed by atoms with Gasteiger partial charge in [0.15, 0.2) is 5.78 Å². The number of unbranched alkanes of at least 4 members (excludes halogenated alkanes) is 3. The van der Waals surface area contributed by atoms with Crippen LogP contribution in [0.5, 0.6) is 5.75 Å². The molecule has 1 aromatic carbocycles. The standard InChI is InChI=1S/C25H38N4O6S/c1-27-22(32)9-6-10-24(34)28-19(15-17-11-13-18(30)14-12-17)21(31)7-4-2-3-5-8-23(33)29-20(16-36)25(26)35/h11-14,19-20,30,36H,2-10,15-16H2,1H3,(H2,26,35)(H,27,32)(H,28,34)(H,29,33)/t19-,20?/m0/s1. The molecule has 0 aliphatic heterocycles. The minimum atomic E-state index is -0.789. The minimum absolute atomic E-state index is 0.0986. The number of ketones is 1. The molecule has 0 bridgehead atoms. The second-order valence-electron chi connectivity index (χ2n) is 8.60. The van der Waals surface area contributed by atoms with Crippen molar-refractivity contribution in [3.8, 4) is 5.75 Å². The van der Waals surface area contributed by atoms with Gasteiger partial charge in [-0.05, 0) is 43.4 Å². The monoisotopic (exact) mass is 522 g/mol. The lowest BCUT2D eigenvalue weighted by atomic mass is 9.98. The fourth-order valence-electron chi connectivity index (χ4n) is 3.50. The third kappa shape index (κ3) is 13.1. The highest BCUT2D eigenvalue weighted by atomic mass is 32.1. The van der Waals surface area contributed by atoms with Gasteiger partial charge >= 0.3 is 0 Å². The lowest BCUT2D eigenvalue weighted by Crippen LogP contribution is -2.45. The molecule has 10 nitrogen and oxygen atoms in total. The Morgan fingerprint density at radius 1 is 0.806 bits per heavy atom. The lowest BCUT2D eigenvalue weighted by molar-refractivity contribution is -0.128. The van der Waals surface area contributed by atoms with E-state index in [1.165, 1.54) is 19.2 Å². The summed E-state index contributed by atoms with van der Waals surface area (Å²) < 4.78 is 0. The summed E-state index contributed by atoms with van der Waals surface area (Å²) in [7, 11) is 1.53. The van der Waals surface area contributed by atoms with Crippen LogP contribution in [0.2, 0.25) is 0 Å². The van der Waals surface area contributed by atoms with E-state index in [0.717, 1.165) is 18.4 Å². The minimum Gasteiger partial charge on any atom is -0.508 e. The molecule has 1 aromatic rings. The molecule has 0 spiro atoms. The Hall–Kier alpha value is -3.08. The Labute approximate surface area is 217 Å². The second-order valence-corrected chi connectivity index (χ2v) is 8.97. The number of primary amides is 1. The summed E-state index contributed by atoms with van der Waals surface area (Å²) in [6, 6.07) is 4.96. The SMILES string of the molecule is CNC(=O)CCCC(=O)N[C@@H](Cc1ccc(O)cc1)C(=O)CCCCCCC(=O)NC(CS)C(N)=O. The largest absolute Gasteiger partial charge is 0.508 e. The molecule has 36 heavy (non-hydrogen) atoms. The molecule has 200 valence electrons. The Kier molecular flexibility index (Phi) is 14.9. The molecular weight excluding hydrogens is 484 g/mol. The molecule has 11 heteroatoms. The molecule has 0 aliphatic carbocycles. The molecule has 1 rings (SSSR count). The van der Waals surface area contributed by atoms with E-state index in [2.05, 4.69) is 28.6 Å². The smallest absolute Gasteiger partial charge is 0.240 e. The third-order valence-electron chi connectivity index (χ3n) is 5.62. The average molecular weight is 523 g/mol. The van der Waals surface area contributed by atoms with Crippen LogP contribution in [-0.4, -0.2) is 59.4 Å². The first-order valence-corrected chi connectivity index (χ1v) is 12.8. The van der Waals surface area contributed by atoms with Gasteiger partial charge < -0.3 is 26.8 Å². The molecule has 0 radical (unpaired) electrons. The first-order valence-electron chi connectivity index (χ1n) is 12.2. The zero-order valence-electron chi connectivity index (χ0n) is 20.8. The molecule has 0 aromatic heterocycles. The van der Waals surface area contributed by atoms with Crippen LogP contribution in [0.3, 0.4) is 0 Å². The quantitative estimate of drug-likeness (QED) is 0.125. The number of thiol groups is 1. The maximum Gasteiger partial charge on any atom is 0.240 e. The number of carbonyl (C=O) groups excluding carboxylic acids is 5. The summed E-state index contributed by atoms with van der Waals surface area (Å²) in [5.74, 6) is -1.18. The molecule has 0 saturated heterocycles. The number of carbonyl (C=O) groups is 5. The van der Waals surface area contributed by atoms with Crippen molar-refractivity contribution in [1.82, 2.24) is 16.0 Å². The number of hydrogen-bond donors (Lipinski definition) is 6. The zero-order chi connectivity index (χ0) is 26.9. The van der Waals surface area contributed by atoms with Gasteiger partial charge in [0.25, 0.3) is 0 Å². The summed E-state index contributed by atoms with van der Waals surface area (Å²) in [6.45, 7) is 0. The van der Waals surface area contributed by atoms with Gasteiger partial charge in [-0.1, -0.05) is 25.0 Å². The van der Waals surface area contributed by atoms with Gasteiger partial charge in [0.2, 0.25) is 23.6 Å². The molecule has 1 unspecified atom stereocenters. The average Bonchev–Trinajstić information content (AvgIpc) is 2.84.